The first-order valence-electron chi connectivity index (χ1n) is 5.29. The van der Waals surface area contributed by atoms with Crippen molar-refractivity contribution in [2.45, 2.75) is 19.9 Å². The summed E-state index contributed by atoms with van der Waals surface area (Å²) in [5.74, 6) is 0.324. The van der Waals surface area contributed by atoms with Crippen molar-refractivity contribution in [2.24, 2.45) is 0 Å². The van der Waals surface area contributed by atoms with E-state index in [-0.39, 0.29) is 6.04 Å². The van der Waals surface area contributed by atoms with E-state index in [9.17, 15) is 8.42 Å². The van der Waals surface area contributed by atoms with Gasteiger partial charge in [-0.05, 0) is 13.8 Å². The zero-order valence-electron chi connectivity index (χ0n) is 10.2. The average molecular weight is 270 g/mol. The fraction of sp³-hybridized carbons (Fsp3) is 0.444. The second-order valence-corrected chi connectivity index (χ2v) is 5.89. The summed E-state index contributed by atoms with van der Waals surface area (Å²) in [6.45, 7) is 4.01. The third kappa shape index (κ3) is 2.57. The molecule has 0 unspecified atom stereocenters. The van der Waals surface area contributed by atoms with Gasteiger partial charge in [0.15, 0.2) is 17.0 Å². The number of nitrogens with one attached hydrogen (secondary N) is 2. The van der Waals surface area contributed by atoms with Crippen LogP contribution in [0.15, 0.2) is 12.7 Å². The zero-order valence-corrected chi connectivity index (χ0v) is 11.1. The van der Waals surface area contributed by atoms with E-state index in [1.165, 1.54) is 6.33 Å². The van der Waals surface area contributed by atoms with Crippen molar-refractivity contribution in [1.82, 2.24) is 24.4 Å². The minimum atomic E-state index is -3.36. The van der Waals surface area contributed by atoms with Gasteiger partial charge >= 0.3 is 0 Å². The molecule has 0 aliphatic heterocycles. The van der Waals surface area contributed by atoms with Gasteiger partial charge in [-0.25, -0.2) is 23.4 Å². The van der Waals surface area contributed by atoms with Crippen LogP contribution in [0.4, 0.5) is 5.82 Å². The summed E-state index contributed by atoms with van der Waals surface area (Å²) >= 11 is 0. The van der Waals surface area contributed by atoms with Gasteiger partial charge in [0.05, 0.1) is 12.6 Å². The SMILES string of the molecule is CC(C)n1cnc2c(NNS(C)(=O)=O)ncnc21. The highest BCUT2D eigenvalue weighted by molar-refractivity contribution is 7.88. The minimum absolute atomic E-state index is 0.209. The predicted molar refractivity (Wildman–Crippen MR) is 67.3 cm³/mol. The molecule has 0 saturated heterocycles. The quantitative estimate of drug-likeness (QED) is 0.774. The number of rotatable bonds is 4. The Balaban J connectivity index is 2.41. The number of aromatic nitrogens is 4. The first-order valence-corrected chi connectivity index (χ1v) is 7.18. The summed E-state index contributed by atoms with van der Waals surface area (Å²) in [7, 11) is -3.36. The first-order chi connectivity index (χ1) is 8.38. The second kappa shape index (κ2) is 4.50. The molecule has 0 saturated carbocycles. The fourth-order valence-corrected chi connectivity index (χ4v) is 1.74. The molecule has 0 fully saturated rings. The van der Waals surface area contributed by atoms with Gasteiger partial charge in [-0.15, -0.1) is 4.83 Å². The van der Waals surface area contributed by atoms with Gasteiger partial charge in [0, 0.05) is 6.04 Å². The number of imidazole rings is 1. The molecule has 18 heavy (non-hydrogen) atoms. The van der Waals surface area contributed by atoms with Crippen LogP contribution >= 0.6 is 0 Å². The van der Waals surface area contributed by atoms with Crippen LogP contribution in [0.5, 0.6) is 0 Å². The maximum Gasteiger partial charge on any atom is 0.225 e. The molecule has 2 rings (SSSR count). The molecule has 0 aromatic carbocycles. The smallest absolute Gasteiger partial charge is 0.225 e. The van der Waals surface area contributed by atoms with E-state index in [0.717, 1.165) is 6.26 Å². The molecule has 2 N–H and O–H groups in total. The molecule has 0 radical (unpaired) electrons. The lowest BCUT2D eigenvalue weighted by Gasteiger charge is -2.08. The Bertz CT molecular complexity index is 663. The number of anilines is 1. The Morgan fingerprint density at radius 1 is 1.28 bits per heavy atom. The standard InChI is InChI=1S/C9H14N6O2S/c1-6(2)15-5-12-7-8(10-4-11-9(7)15)13-14-18(3,16)17/h4-6,14H,1-3H3,(H,10,11,13). The Kier molecular flexibility index (Phi) is 3.18. The highest BCUT2D eigenvalue weighted by atomic mass is 32.2. The van der Waals surface area contributed by atoms with Gasteiger partial charge in [0.25, 0.3) is 0 Å². The van der Waals surface area contributed by atoms with Crippen molar-refractivity contribution >= 4 is 27.0 Å². The topological polar surface area (TPSA) is 102 Å². The monoisotopic (exact) mass is 270 g/mol. The normalized spacial score (nSPS) is 12.2. The third-order valence-corrected chi connectivity index (χ3v) is 2.74. The summed E-state index contributed by atoms with van der Waals surface area (Å²) in [6.07, 6.45) is 4.05. The summed E-state index contributed by atoms with van der Waals surface area (Å²) in [5.41, 5.74) is 3.68. The van der Waals surface area contributed by atoms with Crippen molar-refractivity contribution in [3.05, 3.63) is 12.7 Å². The molecular weight excluding hydrogens is 256 g/mol. The zero-order chi connectivity index (χ0) is 13.3. The molecule has 0 amide bonds. The van der Waals surface area contributed by atoms with Crippen LogP contribution in [0.2, 0.25) is 0 Å². The van der Waals surface area contributed by atoms with Gasteiger partial charge < -0.3 is 4.57 Å². The Morgan fingerprint density at radius 3 is 2.61 bits per heavy atom. The lowest BCUT2D eigenvalue weighted by molar-refractivity contribution is 0.593. The van der Waals surface area contributed by atoms with E-state index in [1.54, 1.807) is 6.33 Å². The van der Waals surface area contributed by atoms with Crippen LogP contribution < -0.4 is 10.3 Å². The van der Waals surface area contributed by atoms with Crippen LogP contribution in [-0.4, -0.2) is 34.2 Å². The molecule has 9 heteroatoms. The maximum atomic E-state index is 11.0. The fourth-order valence-electron chi connectivity index (χ4n) is 1.46. The van der Waals surface area contributed by atoms with Gasteiger partial charge in [-0.1, -0.05) is 0 Å². The van der Waals surface area contributed by atoms with Crippen LogP contribution in [0.25, 0.3) is 11.2 Å². The molecule has 0 atom stereocenters. The number of hydrogen-bond donors (Lipinski definition) is 2. The summed E-state index contributed by atoms with van der Waals surface area (Å²) in [5, 5.41) is 0. The molecule has 0 bridgehead atoms. The van der Waals surface area contributed by atoms with Crippen molar-refractivity contribution in [3.8, 4) is 0 Å². The van der Waals surface area contributed by atoms with Crippen LogP contribution in [0, 0.1) is 0 Å². The van der Waals surface area contributed by atoms with Crippen molar-refractivity contribution in [2.75, 3.05) is 11.7 Å². The molecule has 2 aromatic rings. The van der Waals surface area contributed by atoms with Crippen molar-refractivity contribution < 1.29 is 8.42 Å². The highest BCUT2D eigenvalue weighted by Crippen LogP contribution is 2.19. The van der Waals surface area contributed by atoms with Gasteiger partial charge in [0.1, 0.15) is 6.33 Å². The van der Waals surface area contributed by atoms with E-state index in [1.807, 2.05) is 18.4 Å². The van der Waals surface area contributed by atoms with E-state index in [0.29, 0.717) is 17.0 Å². The summed E-state index contributed by atoms with van der Waals surface area (Å²) in [6, 6.07) is 0.209. The average Bonchev–Trinajstić information content (AvgIpc) is 2.69. The number of hydrogen-bond acceptors (Lipinski definition) is 6. The van der Waals surface area contributed by atoms with Crippen LogP contribution in [0.3, 0.4) is 0 Å². The molecule has 0 spiro atoms. The molecule has 8 nitrogen and oxygen atoms in total. The summed E-state index contributed by atoms with van der Waals surface area (Å²) in [4.78, 5) is 14.4. The third-order valence-electron chi connectivity index (χ3n) is 2.27. The van der Waals surface area contributed by atoms with Crippen LogP contribution in [-0.2, 0) is 10.0 Å². The highest BCUT2D eigenvalue weighted by Gasteiger charge is 2.12. The number of hydrazine groups is 1. The van der Waals surface area contributed by atoms with Gasteiger partial charge in [0.2, 0.25) is 10.0 Å². The first kappa shape index (κ1) is 12.7. The predicted octanol–water partition coefficient (Wildman–Crippen LogP) is 0.283. The van der Waals surface area contributed by atoms with Crippen molar-refractivity contribution in [3.63, 3.8) is 0 Å². The minimum Gasteiger partial charge on any atom is -0.313 e. The second-order valence-electron chi connectivity index (χ2n) is 4.14. The lowest BCUT2D eigenvalue weighted by atomic mass is 10.4. The van der Waals surface area contributed by atoms with E-state index in [2.05, 4.69) is 25.2 Å². The lowest BCUT2D eigenvalue weighted by Crippen LogP contribution is -2.28. The number of sulfonamides is 1. The largest absolute Gasteiger partial charge is 0.313 e. The molecule has 0 aliphatic rings. The molecule has 2 heterocycles. The Morgan fingerprint density at radius 2 is 2.00 bits per heavy atom. The van der Waals surface area contributed by atoms with Gasteiger partial charge in [-0.2, -0.15) is 0 Å². The van der Waals surface area contributed by atoms with Crippen LogP contribution in [0.1, 0.15) is 19.9 Å². The molecule has 2 aromatic heterocycles. The van der Waals surface area contributed by atoms with Gasteiger partial charge in [-0.3, -0.25) is 5.43 Å². The molecule has 0 aliphatic carbocycles. The number of fused-ring (bicyclic) bond motifs is 1. The molecule has 98 valence electrons. The van der Waals surface area contributed by atoms with Crippen molar-refractivity contribution in [1.29, 1.82) is 0 Å². The summed E-state index contributed by atoms with van der Waals surface area (Å²) < 4.78 is 23.9. The Hall–Kier alpha value is -1.74. The van der Waals surface area contributed by atoms with E-state index >= 15 is 0 Å². The van der Waals surface area contributed by atoms with E-state index in [4.69, 9.17) is 0 Å². The Labute approximate surface area is 104 Å². The number of nitrogens with zero attached hydrogens (tertiary/aromatic N) is 4. The van der Waals surface area contributed by atoms with E-state index < -0.39 is 10.0 Å². The molecular formula is C9H14N6O2S. The maximum absolute atomic E-state index is 11.0.